The molecule has 16 heavy (non-hydrogen) atoms. The molecule has 1 aliphatic carbocycles. The van der Waals surface area contributed by atoms with Crippen molar-refractivity contribution in [1.29, 1.82) is 5.26 Å². The number of aryl methyl sites for hydroxylation is 1. The lowest BCUT2D eigenvalue weighted by Gasteiger charge is -2.24. The number of nitrogens with zero attached hydrogens (tertiary/aromatic N) is 2. The van der Waals surface area contributed by atoms with Crippen molar-refractivity contribution in [2.75, 3.05) is 18.0 Å². The molecule has 0 spiro atoms. The molecular formula is C14H18N2. The number of hydrogen-bond donors (Lipinski definition) is 0. The number of fused-ring (bicyclic) bond motifs is 1. The van der Waals surface area contributed by atoms with Crippen molar-refractivity contribution in [3.8, 4) is 6.07 Å². The summed E-state index contributed by atoms with van der Waals surface area (Å²) in [6, 6.07) is 8.87. The van der Waals surface area contributed by atoms with Crippen LogP contribution >= 0.6 is 0 Å². The molecule has 1 unspecified atom stereocenters. The van der Waals surface area contributed by atoms with Gasteiger partial charge < -0.3 is 4.90 Å². The zero-order valence-electron chi connectivity index (χ0n) is 10.0. The van der Waals surface area contributed by atoms with Crippen LogP contribution < -0.4 is 4.90 Å². The molecule has 0 aromatic heterocycles. The van der Waals surface area contributed by atoms with Gasteiger partial charge in [-0.3, -0.25) is 0 Å². The zero-order chi connectivity index (χ0) is 11.5. The molecule has 0 saturated heterocycles. The number of benzene rings is 1. The molecule has 0 amide bonds. The highest BCUT2D eigenvalue weighted by Gasteiger charge is 2.26. The van der Waals surface area contributed by atoms with E-state index >= 15 is 0 Å². The lowest BCUT2D eigenvalue weighted by Crippen LogP contribution is -2.23. The predicted molar refractivity (Wildman–Crippen MR) is 66.7 cm³/mol. The number of nitriles is 1. The molecule has 0 aliphatic heterocycles. The molecule has 0 N–H and O–H groups in total. The van der Waals surface area contributed by atoms with Gasteiger partial charge in [0, 0.05) is 18.8 Å². The third kappa shape index (κ3) is 1.67. The first-order valence-corrected chi connectivity index (χ1v) is 6.08. The molecule has 0 saturated carbocycles. The molecule has 1 aromatic rings. The molecular weight excluding hydrogens is 196 g/mol. The Morgan fingerprint density at radius 2 is 2.12 bits per heavy atom. The summed E-state index contributed by atoms with van der Waals surface area (Å²) in [5, 5.41) is 9.20. The average Bonchev–Trinajstić information content (AvgIpc) is 2.74. The maximum absolute atomic E-state index is 9.20. The van der Waals surface area contributed by atoms with Crippen LogP contribution in [0.2, 0.25) is 0 Å². The van der Waals surface area contributed by atoms with Crippen LogP contribution in [0.1, 0.15) is 37.3 Å². The maximum Gasteiger partial charge on any atom is 0.0738 e. The minimum absolute atomic E-state index is 0.104. The lowest BCUT2D eigenvalue weighted by molar-refractivity contribution is 0.809. The van der Waals surface area contributed by atoms with E-state index in [1.807, 2.05) is 0 Å². The highest BCUT2D eigenvalue weighted by atomic mass is 15.1. The summed E-state index contributed by atoms with van der Waals surface area (Å²) in [4.78, 5) is 2.34. The average molecular weight is 214 g/mol. The van der Waals surface area contributed by atoms with Crippen molar-refractivity contribution >= 4 is 5.69 Å². The highest BCUT2D eigenvalue weighted by Crippen LogP contribution is 2.39. The standard InChI is InChI=1S/C14H18N2/c1-3-16(4-2)13-7-5-6-11-8-9-12(10-15)14(11)13/h5-7,12H,3-4,8-9H2,1-2H3. The van der Waals surface area contributed by atoms with Crippen LogP contribution in [-0.4, -0.2) is 13.1 Å². The SMILES string of the molecule is CCN(CC)c1cccc2c1C(C#N)CC2. The van der Waals surface area contributed by atoms with Crippen molar-refractivity contribution in [3.63, 3.8) is 0 Å². The topological polar surface area (TPSA) is 27.0 Å². The number of rotatable bonds is 3. The van der Waals surface area contributed by atoms with Crippen LogP contribution in [0.15, 0.2) is 18.2 Å². The van der Waals surface area contributed by atoms with E-state index in [1.54, 1.807) is 0 Å². The van der Waals surface area contributed by atoms with E-state index in [-0.39, 0.29) is 5.92 Å². The molecule has 0 bridgehead atoms. The van der Waals surface area contributed by atoms with Gasteiger partial charge in [0.05, 0.1) is 12.0 Å². The molecule has 0 radical (unpaired) electrons. The zero-order valence-corrected chi connectivity index (χ0v) is 10.0. The van der Waals surface area contributed by atoms with E-state index in [0.29, 0.717) is 0 Å². The molecule has 84 valence electrons. The van der Waals surface area contributed by atoms with Crippen LogP contribution in [0.4, 0.5) is 5.69 Å². The third-order valence-corrected chi connectivity index (χ3v) is 3.48. The van der Waals surface area contributed by atoms with E-state index in [0.717, 1.165) is 25.9 Å². The molecule has 1 aliphatic rings. The fourth-order valence-electron chi connectivity index (χ4n) is 2.63. The van der Waals surface area contributed by atoms with Crippen molar-refractivity contribution in [2.24, 2.45) is 0 Å². The van der Waals surface area contributed by atoms with Gasteiger partial charge in [-0.05, 0) is 43.9 Å². The molecule has 2 heteroatoms. The first-order valence-electron chi connectivity index (χ1n) is 6.08. The summed E-state index contributed by atoms with van der Waals surface area (Å²) >= 11 is 0. The quantitative estimate of drug-likeness (QED) is 0.773. The number of hydrogen-bond acceptors (Lipinski definition) is 2. The summed E-state index contributed by atoms with van der Waals surface area (Å²) in [5.74, 6) is 0.104. The Hall–Kier alpha value is -1.49. The Morgan fingerprint density at radius 3 is 2.75 bits per heavy atom. The minimum atomic E-state index is 0.104. The minimum Gasteiger partial charge on any atom is -0.372 e. The molecule has 0 heterocycles. The third-order valence-electron chi connectivity index (χ3n) is 3.48. The largest absolute Gasteiger partial charge is 0.372 e. The molecule has 2 rings (SSSR count). The Bertz CT molecular complexity index is 413. The summed E-state index contributed by atoms with van der Waals surface area (Å²) < 4.78 is 0. The van der Waals surface area contributed by atoms with Crippen molar-refractivity contribution in [2.45, 2.75) is 32.6 Å². The van der Waals surface area contributed by atoms with E-state index in [4.69, 9.17) is 0 Å². The van der Waals surface area contributed by atoms with Crippen LogP contribution in [0.5, 0.6) is 0 Å². The Kier molecular flexibility index (Phi) is 3.14. The van der Waals surface area contributed by atoms with Gasteiger partial charge in [0.15, 0.2) is 0 Å². The summed E-state index contributed by atoms with van der Waals surface area (Å²) in [6.45, 7) is 6.34. The first kappa shape index (κ1) is 11.0. The normalized spacial score (nSPS) is 17.9. The second-order valence-corrected chi connectivity index (χ2v) is 4.24. The van der Waals surface area contributed by atoms with Crippen LogP contribution in [0.3, 0.4) is 0 Å². The highest BCUT2D eigenvalue weighted by molar-refractivity contribution is 5.61. The molecule has 2 nitrogen and oxygen atoms in total. The smallest absolute Gasteiger partial charge is 0.0738 e. The van der Waals surface area contributed by atoms with Crippen molar-refractivity contribution < 1.29 is 0 Å². The van der Waals surface area contributed by atoms with Crippen LogP contribution in [-0.2, 0) is 6.42 Å². The summed E-state index contributed by atoms with van der Waals surface area (Å²) in [5.41, 5.74) is 3.93. The van der Waals surface area contributed by atoms with Gasteiger partial charge in [0.1, 0.15) is 0 Å². The summed E-state index contributed by atoms with van der Waals surface area (Å²) in [6.07, 6.45) is 2.05. The van der Waals surface area contributed by atoms with E-state index in [9.17, 15) is 5.26 Å². The summed E-state index contributed by atoms with van der Waals surface area (Å²) in [7, 11) is 0. The van der Waals surface area contributed by atoms with E-state index < -0.39 is 0 Å². The number of anilines is 1. The van der Waals surface area contributed by atoms with Gasteiger partial charge in [-0.15, -0.1) is 0 Å². The fourth-order valence-corrected chi connectivity index (χ4v) is 2.63. The van der Waals surface area contributed by atoms with E-state index in [2.05, 4.69) is 43.0 Å². The second-order valence-electron chi connectivity index (χ2n) is 4.24. The first-order chi connectivity index (χ1) is 7.81. The molecule has 1 aromatic carbocycles. The fraction of sp³-hybridized carbons (Fsp3) is 0.500. The molecule has 1 atom stereocenters. The predicted octanol–water partition coefficient (Wildman–Crippen LogP) is 3.09. The lowest BCUT2D eigenvalue weighted by atomic mass is 10.00. The Balaban J connectivity index is 2.48. The second kappa shape index (κ2) is 4.57. The maximum atomic E-state index is 9.20. The molecule has 0 fully saturated rings. The van der Waals surface area contributed by atoms with Gasteiger partial charge in [0.2, 0.25) is 0 Å². The van der Waals surface area contributed by atoms with Crippen LogP contribution in [0, 0.1) is 11.3 Å². The van der Waals surface area contributed by atoms with Crippen LogP contribution in [0.25, 0.3) is 0 Å². The van der Waals surface area contributed by atoms with Crippen molar-refractivity contribution in [3.05, 3.63) is 29.3 Å². The van der Waals surface area contributed by atoms with Gasteiger partial charge in [-0.2, -0.15) is 5.26 Å². The van der Waals surface area contributed by atoms with Gasteiger partial charge in [-0.25, -0.2) is 0 Å². The van der Waals surface area contributed by atoms with Gasteiger partial charge in [0.25, 0.3) is 0 Å². The van der Waals surface area contributed by atoms with Gasteiger partial charge >= 0.3 is 0 Å². The Labute approximate surface area is 97.5 Å². The Morgan fingerprint density at radius 1 is 1.38 bits per heavy atom. The van der Waals surface area contributed by atoms with Gasteiger partial charge in [-0.1, -0.05) is 12.1 Å². The van der Waals surface area contributed by atoms with Crippen molar-refractivity contribution in [1.82, 2.24) is 0 Å². The van der Waals surface area contributed by atoms with E-state index in [1.165, 1.54) is 16.8 Å². The monoisotopic (exact) mass is 214 g/mol.